The number of carbonyl (C=O) groups excluding carboxylic acids is 2. The standard InChI is InChI=1S/C19H18ClFN2O3/c1-12(24)26-11-14-5-6-23(10-18(14)25)19-17(21)8-15(9-22-19)13-3-2-4-16(20)7-13/h2-4,7-9,14H,5-6,10-11H2,1H3. The van der Waals surface area contributed by atoms with E-state index in [9.17, 15) is 14.0 Å². The van der Waals surface area contributed by atoms with Gasteiger partial charge in [-0.05, 0) is 30.2 Å². The molecule has 1 aliphatic rings. The zero-order chi connectivity index (χ0) is 18.7. The molecule has 3 rings (SSSR count). The number of hydrogen-bond donors (Lipinski definition) is 0. The number of Topliss-reactive ketones (excluding diaryl/α,β-unsaturated/α-hetero) is 1. The van der Waals surface area contributed by atoms with Crippen LogP contribution in [0.3, 0.4) is 0 Å². The topological polar surface area (TPSA) is 59.5 Å². The van der Waals surface area contributed by atoms with Crippen LogP contribution in [0.1, 0.15) is 13.3 Å². The third kappa shape index (κ3) is 4.19. The first-order valence-corrected chi connectivity index (χ1v) is 8.64. The maximum Gasteiger partial charge on any atom is 0.302 e. The number of piperidine rings is 1. The zero-order valence-corrected chi connectivity index (χ0v) is 15.0. The number of anilines is 1. The summed E-state index contributed by atoms with van der Waals surface area (Å²) in [6.07, 6.45) is 2.06. The van der Waals surface area contributed by atoms with Crippen molar-refractivity contribution in [3.63, 3.8) is 0 Å². The highest BCUT2D eigenvalue weighted by Gasteiger charge is 2.29. The first-order valence-electron chi connectivity index (χ1n) is 8.26. The molecule has 0 bridgehead atoms. The number of esters is 1. The highest BCUT2D eigenvalue weighted by atomic mass is 35.5. The molecule has 1 aromatic carbocycles. The molecule has 2 aromatic rings. The molecule has 1 aromatic heterocycles. The number of pyridine rings is 1. The van der Waals surface area contributed by atoms with Crippen LogP contribution in [-0.4, -0.2) is 36.4 Å². The number of ketones is 1. The van der Waals surface area contributed by atoms with Crippen molar-refractivity contribution in [3.05, 3.63) is 47.4 Å². The maximum absolute atomic E-state index is 14.6. The number of hydrogen-bond acceptors (Lipinski definition) is 5. The number of nitrogens with zero attached hydrogens (tertiary/aromatic N) is 2. The molecule has 1 fully saturated rings. The van der Waals surface area contributed by atoms with Gasteiger partial charge in [-0.3, -0.25) is 9.59 Å². The van der Waals surface area contributed by atoms with E-state index in [0.717, 1.165) is 5.56 Å². The zero-order valence-electron chi connectivity index (χ0n) is 14.2. The van der Waals surface area contributed by atoms with E-state index in [-0.39, 0.29) is 30.7 Å². The van der Waals surface area contributed by atoms with Crippen molar-refractivity contribution in [1.29, 1.82) is 0 Å². The van der Waals surface area contributed by atoms with E-state index in [1.54, 1.807) is 29.3 Å². The lowest BCUT2D eigenvalue weighted by molar-refractivity contribution is -0.143. The molecule has 0 spiro atoms. The van der Waals surface area contributed by atoms with Crippen molar-refractivity contribution < 1.29 is 18.7 Å². The summed E-state index contributed by atoms with van der Waals surface area (Å²) in [4.78, 5) is 28.9. The molecule has 1 atom stereocenters. The van der Waals surface area contributed by atoms with Crippen LogP contribution in [0.2, 0.25) is 5.02 Å². The molecular weight excluding hydrogens is 359 g/mol. The lowest BCUT2D eigenvalue weighted by atomic mass is 9.96. The highest BCUT2D eigenvalue weighted by molar-refractivity contribution is 6.30. The average Bonchev–Trinajstić information content (AvgIpc) is 2.60. The van der Waals surface area contributed by atoms with Gasteiger partial charge in [0.25, 0.3) is 0 Å². The SMILES string of the molecule is CC(=O)OCC1CCN(c2ncc(-c3cccc(Cl)c3)cc2F)CC1=O. The van der Waals surface area contributed by atoms with Gasteiger partial charge in [0.15, 0.2) is 17.4 Å². The van der Waals surface area contributed by atoms with Crippen LogP contribution in [0.15, 0.2) is 36.5 Å². The van der Waals surface area contributed by atoms with Gasteiger partial charge in [-0.2, -0.15) is 0 Å². The summed E-state index contributed by atoms with van der Waals surface area (Å²) in [6, 6.07) is 8.49. The summed E-state index contributed by atoms with van der Waals surface area (Å²) < 4.78 is 19.5. The molecule has 0 saturated carbocycles. The Hall–Kier alpha value is -2.47. The molecule has 5 nitrogen and oxygen atoms in total. The fraction of sp³-hybridized carbons (Fsp3) is 0.316. The number of carbonyl (C=O) groups is 2. The number of aromatic nitrogens is 1. The molecule has 0 aliphatic carbocycles. The Morgan fingerprint density at radius 2 is 2.19 bits per heavy atom. The molecule has 2 heterocycles. The van der Waals surface area contributed by atoms with Crippen molar-refractivity contribution in [1.82, 2.24) is 4.98 Å². The molecule has 26 heavy (non-hydrogen) atoms. The Morgan fingerprint density at radius 1 is 1.38 bits per heavy atom. The largest absolute Gasteiger partial charge is 0.465 e. The number of halogens is 2. The first kappa shape index (κ1) is 18.3. The summed E-state index contributed by atoms with van der Waals surface area (Å²) in [5, 5.41) is 0.562. The summed E-state index contributed by atoms with van der Waals surface area (Å²) in [6.45, 7) is 1.90. The lowest BCUT2D eigenvalue weighted by Crippen LogP contribution is -2.43. The molecule has 0 N–H and O–H groups in total. The van der Waals surface area contributed by atoms with E-state index in [2.05, 4.69) is 4.98 Å². The van der Waals surface area contributed by atoms with E-state index < -0.39 is 11.8 Å². The smallest absolute Gasteiger partial charge is 0.302 e. The quantitative estimate of drug-likeness (QED) is 0.764. The van der Waals surface area contributed by atoms with Crippen LogP contribution in [-0.2, 0) is 14.3 Å². The molecule has 0 radical (unpaired) electrons. The van der Waals surface area contributed by atoms with Gasteiger partial charge in [-0.1, -0.05) is 23.7 Å². The minimum Gasteiger partial charge on any atom is -0.465 e. The number of rotatable bonds is 4. The summed E-state index contributed by atoms with van der Waals surface area (Å²) in [5.41, 5.74) is 1.39. The van der Waals surface area contributed by atoms with Gasteiger partial charge in [0.05, 0.1) is 12.5 Å². The first-order chi connectivity index (χ1) is 12.4. The monoisotopic (exact) mass is 376 g/mol. The van der Waals surface area contributed by atoms with E-state index in [0.29, 0.717) is 23.6 Å². The minimum absolute atomic E-state index is 0.0480. The Morgan fingerprint density at radius 3 is 2.85 bits per heavy atom. The second kappa shape index (κ2) is 7.83. The van der Waals surface area contributed by atoms with Gasteiger partial charge >= 0.3 is 5.97 Å². The predicted molar refractivity (Wildman–Crippen MR) is 96.6 cm³/mol. The third-order valence-corrected chi connectivity index (χ3v) is 4.55. The molecule has 1 unspecified atom stereocenters. The Kier molecular flexibility index (Phi) is 5.52. The molecule has 7 heteroatoms. The Bertz CT molecular complexity index is 843. The fourth-order valence-corrected chi connectivity index (χ4v) is 3.12. The van der Waals surface area contributed by atoms with E-state index in [4.69, 9.17) is 16.3 Å². The predicted octanol–water partition coefficient (Wildman–Crippen LogP) is 3.50. The van der Waals surface area contributed by atoms with Gasteiger partial charge in [0.1, 0.15) is 6.61 Å². The Labute approximate surface area is 155 Å². The second-order valence-corrected chi connectivity index (χ2v) is 6.65. The van der Waals surface area contributed by atoms with Crippen molar-refractivity contribution in [2.75, 3.05) is 24.6 Å². The molecular formula is C19H18ClFN2O3. The molecule has 1 saturated heterocycles. The second-order valence-electron chi connectivity index (χ2n) is 6.22. The summed E-state index contributed by atoms with van der Waals surface area (Å²) in [7, 11) is 0. The van der Waals surface area contributed by atoms with Gasteiger partial charge in [0.2, 0.25) is 0 Å². The van der Waals surface area contributed by atoms with E-state index >= 15 is 0 Å². The summed E-state index contributed by atoms with van der Waals surface area (Å²) >= 11 is 5.97. The van der Waals surface area contributed by atoms with Crippen LogP contribution in [0.25, 0.3) is 11.1 Å². The molecule has 0 amide bonds. The van der Waals surface area contributed by atoms with Gasteiger partial charge in [-0.15, -0.1) is 0 Å². The van der Waals surface area contributed by atoms with Crippen LogP contribution in [0.5, 0.6) is 0 Å². The van der Waals surface area contributed by atoms with Crippen LogP contribution in [0.4, 0.5) is 10.2 Å². The van der Waals surface area contributed by atoms with Crippen molar-refractivity contribution >= 4 is 29.2 Å². The van der Waals surface area contributed by atoms with Crippen molar-refractivity contribution in [2.45, 2.75) is 13.3 Å². The molecule has 136 valence electrons. The number of benzene rings is 1. The third-order valence-electron chi connectivity index (χ3n) is 4.32. The number of ether oxygens (including phenoxy) is 1. The normalized spacial score (nSPS) is 17.3. The van der Waals surface area contributed by atoms with Crippen LogP contribution < -0.4 is 4.90 Å². The van der Waals surface area contributed by atoms with Crippen molar-refractivity contribution in [2.24, 2.45) is 5.92 Å². The van der Waals surface area contributed by atoms with Gasteiger partial charge < -0.3 is 9.64 Å². The minimum atomic E-state index is -0.492. The highest BCUT2D eigenvalue weighted by Crippen LogP contribution is 2.28. The van der Waals surface area contributed by atoms with E-state index in [1.807, 2.05) is 6.07 Å². The maximum atomic E-state index is 14.6. The lowest BCUT2D eigenvalue weighted by Gasteiger charge is -2.31. The van der Waals surface area contributed by atoms with E-state index in [1.165, 1.54) is 13.0 Å². The van der Waals surface area contributed by atoms with Gasteiger partial charge in [0, 0.05) is 30.3 Å². The average molecular weight is 377 g/mol. The van der Waals surface area contributed by atoms with Crippen LogP contribution >= 0.6 is 11.6 Å². The van der Waals surface area contributed by atoms with Crippen LogP contribution in [0, 0.1) is 11.7 Å². The Balaban J connectivity index is 1.73. The van der Waals surface area contributed by atoms with Crippen molar-refractivity contribution in [3.8, 4) is 11.1 Å². The van der Waals surface area contributed by atoms with Gasteiger partial charge in [-0.25, -0.2) is 9.37 Å². The summed E-state index contributed by atoms with van der Waals surface area (Å²) in [5.74, 6) is -1.19. The fourth-order valence-electron chi connectivity index (χ4n) is 2.93. The molecule has 1 aliphatic heterocycles.